The van der Waals surface area contributed by atoms with Crippen molar-refractivity contribution in [1.29, 1.82) is 0 Å². The van der Waals surface area contributed by atoms with Gasteiger partial charge in [-0.25, -0.2) is 21.6 Å². The minimum Gasteiger partial charge on any atom is -0.212 e. The van der Waals surface area contributed by atoms with E-state index in [1.165, 1.54) is 10.6 Å². The van der Waals surface area contributed by atoms with E-state index in [2.05, 4.69) is 4.72 Å². The molecule has 1 aliphatic carbocycles. The number of hydrogen-bond acceptors (Lipinski definition) is 4. The van der Waals surface area contributed by atoms with Crippen LogP contribution in [0.4, 0.5) is 0 Å². The summed E-state index contributed by atoms with van der Waals surface area (Å²) < 4.78 is 52.2. The van der Waals surface area contributed by atoms with E-state index >= 15 is 0 Å². The van der Waals surface area contributed by atoms with Crippen molar-refractivity contribution in [3.63, 3.8) is 0 Å². The number of benzene rings is 1. The highest BCUT2D eigenvalue weighted by Crippen LogP contribution is 2.25. The molecule has 130 valence electrons. The molecule has 0 saturated heterocycles. The average Bonchev–Trinajstić information content (AvgIpc) is 2.96. The zero-order valence-electron chi connectivity index (χ0n) is 13.5. The molecule has 0 aliphatic heterocycles. The van der Waals surface area contributed by atoms with Gasteiger partial charge in [0, 0.05) is 19.1 Å². The molecule has 1 aliphatic rings. The molecular weight excluding hydrogens is 336 g/mol. The highest BCUT2D eigenvalue weighted by molar-refractivity contribution is 7.89. The molecule has 0 radical (unpaired) electrons. The van der Waals surface area contributed by atoms with Crippen LogP contribution in [0.5, 0.6) is 0 Å². The predicted octanol–water partition coefficient (Wildman–Crippen LogP) is 1.48. The van der Waals surface area contributed by atoms with Crippen molar-refractivity contribution in [2.75, 3.05) is 19.3 Å². The Morgan fingerprint density at radius 2 is 1.65 bits per heavy atom. The van der Waals surface area contributed by atoms with Crippen LogP contribution in [0.1, 0.15) is 31.2 Å². The first-order valence-corrected chi connectivity index (χ1v) is 11.1. The van der Waals surface area contributed by atoms with Gasteiger partial charge in [0.05, 0.1) is 11.2 Å². The second-order valence-electron chi connectivity index (χ2n) is 6.02. The number of sulfonamides is 2. The maximum atomic E-state index is 12.2. The molecule has 0 atom stereocenters. The largest absolute Gasteiger partial charge is 0.240 e. The predicted molar refractivity (Wildman–Crippen MR) is 90.2 cm³/mol. The molecule has 0 unspecified atom stereocenters. The molecule has 0 heterocycles. The van der Waals surface area contributed by atoms with Crippen LogP contribution < -0.4 is 4.72 Å². The molecule has 0 aromatic heterocycles. The molecular formula is C15H24N2O4S2. The Morgan fingerprint density at radius 1 is 1.09 bits per heavy atom. The average molecular weight is 361 g/mol. The Balaban J connectivity index is 2.00. The van der Waals surface area contributed by atoms with Gasteiger partial charge in [-0.15, -0.1) is 0 Å². The summed E-state index contributed by atoms with van der Waals surface area (Å²) in [6, 6.07) is 6.55. The van der Waals surface area contributed by atoms with E-state index in [4.69, 9.17) is 0 Å². The molecule has 1 N–H and O–H groups in total. The molecule has 1 aromatic carbocycles. The lowest BCUT2D eigenvalue weighted by Crippen LogP contribution is -2.43. The summed E-state index contributed by atoms with van der Waals surface area (Å²) in [5.74, 6) is 0. The van der Waals surface area contributed by atoms with Crippen LogP contribution in [0, 0.1) is 6.92 Å². The van der Waals surface area contributed by atoms with E-state index < -0.39 is 20.0 Å². The first-order chi connectivity index (χ1) is 10.7. The number of aryl methyl sites for hydroxylation is 1. The van der Waals surface area contributed by atoms with Crippen LogP contribution in [-0.4, -0.2) is 46.5 Å². The SMILES string of the molecule is Cc1ccc(S(=O)(=O)NCCN(C2CCCC2)S(C)(=O)=O)cc1. The summed E-state index contributed by atoms with van der Waals surface area (Å²) in [5.41, 5.74) is 0.980. The molecule has 1 fully saturated rings. The molecule has 0 amide bonds. The van der Waals surface area contributed by atoms with E-state index in [1.54, 1.807) is 24.3 Å². The minimum atomic E-state index is -3.61. The van der Waals surface area contributed by atoms with E-state index in [0.717, 1.165) is 31.2 Å². The summed E-state index contributed by atoms with van der Waals surface area (Å²) in [6.07, 6.45) is 4.91. The Labute approximate surface area is 139 Å². The van der Waals surface area contributed by atoms with Crippen molar-refractivity contribution >= 4 is 20.0 Å². The van der Waals surface area contributed by atoms with Crippen molar-refractivity contribution in [3.05, 3.63) is 29.8 Å². The van der Waals surface area contributed by atoms with Crippen LogP contribution in [-0.2, 0) is 20.0 Å². The molecule has 6 nitrogen and oxygen atoms in total. The number of nitrogens with one attached hydrogen (secondary N) is 1. The lowest BCUT2D eigenvalue weighted by molar-refractivity contribution is 0.328. The van der Waals surface area contributed by atoms with Gasteiger partial charge in [-0.2, -0.15) is 4.31 Å². The third-order valence-electron chi connectivity index (χ3n) is 4.11. The minimum absolute atomic E-state index is 0.00567. The zero-order valence-corrected chi connectivity index (χ0v) is 15.2. The fraction of sp³-hybridized carbons (Fsp3) is 0.600. The van der Waals surface area contributed by atoms with Gasteiger partial charge in [0.15, 0.2) is 0 Å². The zero-order chi connectivity index (χ0) is 17.1. The molecule has 0 spiro atoms. The third kappa shape index (κ3) is 5.00. The quantitative estimate of drug-likeness (QED) is 0.798. The van der Waals surface area contributed by atoms with Crippen molar-refractivity contribution in [1.82, 2.24) is 9.03 Å². The van der Waals surface area contributed by atoms with Crippen LogP contribution >= 0.6 is 0 Å². The summed E-state index contributed by atoms with van der Waals surface area (Å²) in [6.45, 7) is 2.11. The fourth-order valence-corrected chi connectivity index (χ4v) is 5.10. The van der Waals surface area contributed by atoms with Gasteiger partial charge in [0.2, 0.25) is 20.0 Å². The van der Waals surface area contributed by atoms with Crippen molar-refractivity contribution in [2.24, 2.45) is 0 Å². The van der Waals surface area contributed by atoms with Crippen LogP contribution in [0.15, 0.2) is 29.2 Å². The number of rotatable bonds is 7. The summed E-state index contributed by atoms with van der Waals surface area (Å²) in [5, 5.41) is 0. The van der Waals surface area contributed by atoms with Crippen molar-refractivity contribution < 1.29 is 16.8 Å². The van der Waals surface area contributed by atoms with Crippen molar-refractivity contribution in [2.45, 2.75) is 43.5 Å². The second-order valence-corrected chi connectivity index (χ2v) is 9.72. The first-order valence-electron chi connectivity index (χ1n) is 7.73. The molecule has 0 bridgehead atoms. The summed E-state index contributed by atoms with van der Waals surface area (Å²) >= 11 is 0. The number of hydrogen-bond donors (Lipinski definition) is 1. The van der Waals surface area contributed by atoms with Gasteiger partial charge in [0.25, 0.3) is 0 Å². The van der Waals surface area contributed by atoms with Gasteiger partial charge < -0.3 is 0 Å². The molecule has 23 heavy (non-hydrogen) atoms. The van der Waals surface area contributed by atoms with Crippen LogP contribution in [0.2, 0.25) is 0 Å². The van der Waals surface area contributed by atoms with Crippen LogP contribution in [0.3, 0.4) is 0 Å². The van der Waals surface area contributed by atoms with Gasteiger partial charge in [-0.3, -0.25) is 0 Å². The summed E-state index contributed by atoms with van der Waals surface area (Å²) in [4.78, 5) is 0.190. The van der Waals surface area contributed by atoms with Crippen molar-refractivity contribution in [3.8, 4) is 0 Å². The molecule has 1 aromatic rings. The van der Waals surface area contributed by atoms with E-state index in [-0.39, 0.29) is 24.0 Å². The molecule has 2 rings (SSSR count). The third-order valence-corrected chi connectivity index (χ3v) is 6.92. The fourth-order valence-electron chi connectivity index (χ4n) is 2.90. The van der Waals surface area contributed by atoms with E-state index in [0.29, 0.717) is 0 Å². The molecule has 1 saturated carbocycles. The van der Waals surface area contributed by atoms with E-state index in [1.807, 2.05) is 6.92 Å². The molecule has 8 heteroatoms. The normalized spacial score (nSPS) is 17.0. The first kappa shape index (κ1) is 18.4. The highest BCUT2D eigenvalue weighted by atomic mass is 32.2. The van der Waals surface area contributed by atoms with E-state index in [9.17, 15) is 16.8 Å². The lowest BCUT2D eigenvalue weighted by Gasteiger charge is -2.26. The number of nitrogens with zero attached hydrogens (tertiary/aromatic N) is 1. The lowest BCUT2D eigenvalue weighted by atomic mass is 10.2. The second kappa shape index (κ2) is 7.29. The standard InChI is InChI=1S/C15H24N2O4S2/c1-13-7-9-15(10-8-13)23(20,21)16-11-12-17(22(2,18)19)14-5-3-4-6-14/h7-10,14,16H,3-6,11-12H2,1-2H3. The maximum absolute atomic E-state index is 12.2. The Kier molecular flexibility index (Phi) is 5.83. The van der Waals surface area contributed by atoms with Gasteiger partial charge >= 0.3 is 0 Å². The van der Waals surface area contributed by atoms with Crippen LogP contribution in [0.25, 0.3) is 0 Å². The smallest absolute Gasteiger partial charge is 0.212 e. The van der Waals surface area contributed by atoms with Gasteiger partial charge in [-0.1, -0.05) is 30.5 Å². The highest BCUT2D eigenvalue weighted by Gasteiger charge is 2.29. The van der Waals surface area contributed by atoms with Gasteiger partial charge in [0.1, 0.15) is 0 Å². The Morgan fingerprint density at radius 3 is 2.17 bits per heavy atom. The Hall–Kier alpha value is -0.960. The maximum Gasteiger partial charge on any atom is 0.240 e. The Bertz CT molecular complexity index is 721. The topological polar surface area (TPSA) is 83.6 Å². The monoisotopic (exact) mass is 360 g/mol. The summed E-state index contributed by atoms with van der Waals surface area (Å²) in [7, 11) is -6.95. The van der Waals surface area contributed by atoms with Gasteiger partial charge in [-0.05, 0) is 31.9 Å².